The quantitative estimate of drug-likeness (QED) is 0.636. The van der Waals surface area contributed by atoms with E-state index in [0.29, 0.717) is 16.9 Å². The Kier molecular flexibility index (Phi) is 4.42. The molecule has 0 aromatic carbocycles. The number of aliphatic hydroxyl groups excluding tert-OH is 2. The van der Waals surface area contributed by atoms with Crippen LogP contribution in [-0.2, 0) is 9.53 Å². The minimum Gasteiger partial charge on any atom is -0.469 e. The van der Waals surface area contributed by atoms with E-state index < -0.39 is 18.2 Å². The monoisotopic (exact) mass is 240 g/mol. The number of aryl methyl sites for hydroxylation is 1. The fourth-order valence-corrected chi connectivity index (χ4v) is 1.36. The van der Waals surface area contributed by atoms with Crippen LogP contribution in [0.3, 0.4) is 0 Å². The van der Waals surface area contributed by atoms with Crippen molar-refractivity contribution in [2.45, 2.75) is 25.6 Å². The molecule has 0 amide bonds. The van der Waals surface area contributed by atoms with Crippen LogP contribution in [0.5, 0.6) is 0 Å². The lowest BCUT2D eigenvalue weighted by Gasteiger charge is -2.17. The van der Waals surface area contributed by atoms with Crippen LogP contribution in [0, 0.1) is 6.92 Å². The molecule has 17 heavy (non-hydrogen) atoms. The van der Waals surface area contributed by atoms with Crippen LogP contribution in [0.2, 0.25) is 0 Å². The summed E-state index contributed by atoms with van der Waals surface area (Å²) in [6.07, 6.45) is -1.33. The lowest BCUT2D eigenvalue weighted by atomic mass is 10.0. The molecule has 2 atom stereocenters. The Morgan fingerprint density at radius 1 is 1.59 bits per heavy atom. The van der Waals surface area contributed by atoms with Crippen LogP contribution in [0.25, 0.3) is 0 Å². The number of hydrogen-bond acceptors (Lipinski definition) is 6. The van der Waals surface area contributed by atoms with Crippen molar-refractivity contribution in [1.82, 2.24) is 4.98 Å². The van der Waals surface area contributed by atoms with Crippen molar-refractivity contribution in [2.75, 3.05) is 12.8 Å². The van der Waals surface area contributed by atoms with Crippen LogP contribution >= 0.6 is 0 Å². The minimum atomic E-state index is -1.23. The molecule has 1 rings (SSSR count). The summed E-state index contributed by atoms with van der Waals surface area (Å²) in [4.78, 5) is 14.8. The maximum Gasteiger partial charge on any atom is 0.308 e. The highest BCUT2D eigenvalue weighted by Gasteiger charge is 2.22. The number of pyridine rings is 1. The number of nitrogen functional groups attached to an aromatic ring is 1. The van der Waals surface area contributed by atoms with E-state index in [0.717, 1.165) is 0 Å². The molecule has 0 bridgehead atoms. The predicted molar refractivity (Wildman–Crippen MR) is 61.0 cm³/mol. The number of nitrogens with two attached hydrogens (primary N) is 1. The Bertz CT molecular complexity index is 408. The van der Waals surface area contributed by atoms with E-state index in [9.17, 15) is 15.0 Å². The molecular formula is C11H16N2O4. The zero-order chi connectivity index (χ0) is 13.0. The highest BCUT2D eigenvalue weighted by Crippen LogP contribution is 2.21. The Morgan fingerprint density at radius 3 is 2.76 bits per heavy atom. The number of methoxy groups -OCH3 is 1. The first-order chi connectivity index (χ1) is 7.95. The van der Waals surface area contributed by atoms with E-state index in [1.807, 2.05) is 0 Å². The zero-order valence-electron chi connectivity index (χ0n) is 9.75. The summed E-state index contributed by atoms with van der Waals surface area (Å²) in [5.74, 6) is -0.222. The third-order valence-corrected chi connectivity index (χ3v) is 2.45. The summed E-state index contributed by atoms with van der Waals surface area (Å²) in [5, 5.41) is 19.4. The number of carbonyl (C=O) groups excluding carboxylic acids is 1. The molecule has 0 saturated heterocycles. The molecule has 1 heterocycles. The first kappa shape index (κ1) is 13.4. The van der Waals surface area contributed by atoms with Gasteiger partial charge in [-0.1, -0.05) is 0 Å². The van der Waals surface area contributed by atoms with Gasteiger partial charge in [0, 0.05) is 11.8 Å². The molecule has 0 aliphatic heterocycles. The normalized spacial score (nSPS) is 14.1. The van der Waals surface area contributed by atoms with Crippen molar-refractivity contribution in [2.24, 2.45) is 0 Å². The molecule has 94 valence electrons. The topological polar surface area (TPSA) is 106 Å². The summed E-state index contributed by atoms with van der Waals surface area (Å²) in [7, 11) is 1.22. The second kappa shape index (κ2) is 5.60. The van der Waals surface area contributed by atoms with E-state index in [1.54, 1.807) is 13.0 Å². The third-order valence-electron chi connectivity index (χ3n) is 2.45. The van der Waals surface area contributed by atoms with Gasteiger partial charge in [0.2, 0.25) is 0 Å². The smallest absolute Gasteiger partial charge is 0.308 e. The van der Waals surface area contributed by atoms with E-state index >= 15 is 0 Å². The molecule has 6 heteroatoms. The molecule has 0 aliphatic carbocycles. The lowest BCUT2D eigenvalue weighted by Crippen LogP contribution is -2.22. The molecular weight excluding hydrogens is 224 g/mol. The van der Waals surface area contributed by atoms with Crippen LogP contribution in [-0.4, -0.2) is 34.4 Å². The first-order valence-corrected chi connectivity index (χ1v) is 5.10. The Balaban J connectivity index is 2.77. The summed E-state index contributed by atoms with van der Waals surface area (Å²) in [6, 6.07) is 1.62. The SMILES string of the molecule is COC(=O)CC(O)C(O)c1cnc(N)c(C)c1. The third kappa shape index (κ3) is 3.40. The molecule has 2 unspecified atom stereocenters. The molecule has 0 radical (unpaired) electrons. The highest BCUT2D eigenvalue weighted by molar-refractivity contribution is 5.69. The van der Waals surface area contributed by atoms with Gasteiger partial charge in [-0.05, 0) is 18.6 Å². The molecule has 0 fully saturated rings. The number of nitrogens with zero attached hydrogens (tertiary/aromatic N) is 1. The van der Waals surface area contributed by atoms with Gasteiger partial charge >= 0.3 is 5.97 Å². The van der Waals surface area contributed by atoms with Crippen LogP contribution < -0.4 is 5.73 Å². The fraction of sp³-hybridized carbons (Fsp3) is 0.455. The van der Waals surface area contributed by atoms with Gasteiger partial charge in [-0.25, -0.2) is 4.98 Å². The number of anilines is 1. The molecule has 1 aromatic rings. The van der Waals surface area contributed by atoms with E-state index in [1.165, 1.54) is 13.3 Å². The van der Waals surface area contributed by atoms with Crippen molar-refractivity contribution >= 4 is 11.8 Å². The van der Waals surface area contributed by atoms with E-state index in [2.05, 4.69) is 9.72 Å². The average molecular weight is 240 g/mol. The maximum absolute atomic E-state index is 11.0. The van der Waals surface area contributed by atoms with Crippen LogP contribution in [0.4, 0.5) is 5.82 Å². The number of aliphatic hydroxyl groups is 2. The summed E-state index contributed by atoms with van der Waals surface area (Å²) < 4.78 is 4.40. The molecule has 4 N–H and O–H groups in total. The number of aromatic nitrogens is 1. The van der Waals surface area contributed by atoms with Gasteiger partial charge in [-0.3, -0.25) is 4.79 Å². The summed E-state index contributed by atoms with van der Waals surface area (Å²) in [5.41, 5.74) is 6.65. The van der Waals surface area contributed by atoms with E-state index in [4.69, 9.17) is 5.73 Å². The number of ether oxygens (including phenoxy) is 1. The zero-order valence-corrected chi connectivity index (χ0v) is 9.75. The first-order valence-electron chi connectivity index (χ1n) is 5.10. The standard InChI is InChI=1S/C11H16N2O4/c1-6-3-7(5-13-11(6)12)10(16)8(14)4-9(15)17-2/h3,5,8,10,14,16H,4H2,1-2H3,(H2,12,13). The lowest BCUT2D eigenvalue weighted by molar-refractivity contribution is -0.144. The second-order valence-electron chi connectivity index (χ2n) is 3.76. The van der Waals surface area contributed by atoms with Crippen molar-refractivity contribution in [3.05, 3.63) is 23.4 Å². The Labute approximate surface area is 99.0 Å². The fourth-order valence-electron chi connectivity index (χ4n) is 1.36. The van der Waals surface area contributed by atoms with Gasteiger partial charge < -0.3 is 20.7 Å². The summed E-state index contributed by atoms with van der Waals surface area (Å²) >= 11 is 0. The maximum atomic E-state index is 11.0. The second-order valence-corrected chi connectivity index (χ2v) is 3.76. The van der Waals surface area contributed by atoms with Gasteiger partial charge in [0.1, 0.15) is 11.9 Å². The molecule has 0 spiro atoms. The van der Waals surface area contributed by atoms with Crippen molar-refractivity contribution in [3.63, 3.8) is 0 Å². The Morgan fingerprint density at radius 2 is 2.24 bits per heavy atom. The van der Waals surface area contributed by atoms with Crippen molar-refractivity contribution in [3.8, 4) is 0 Å². The largest absolute Gasteiger partial charge is 0.469 e. The molecule has 1 aromatic heterocycles. The molecule has 0 saturated carbocycles. The number of hydrogen-bond donors (Lipinski definition) is 3. The minimum absolute atomic E-state index is 0.277. The average Bonchev–Trinajstić information content (AvgIpc) is 2.31. The highest BCUT2D eigenvalue weighted by atomic mass is 16.5. The van der Waals surface area contributed by atoms with Crippen LogP contribution in [0.1, 0.15) is 23.7 Å². The van der Waals surface area contributed by atoms with Gasteiger partial charge in [-0.15, -0.1) is 0 Å². The van der Waals surface area contributed by atoms with Gasteiger partial charge in [-0.2, -0.15) is 0 Å². The predicted octanol–water partition coefficient (Wildman–Crippen LogP) is -0.0704. The van der Waals surface area contributed by atoms with Crippen molar-refractivity contribution < 1.29 is 19.7 Å². The van der Waals surface area contributed by atoms with Gasteiger partial charge in [0.15, 0.2) is 0 Å². The van der Waals surface area contributed by atoms with Crippen LogP contribution in [0.15, 0.2) is 12.3 Å². The molecule has 6 nitrogen and oxygen atoms in total. The van der Waals surface area contributed by atoms with Crippen molar-refractivity contribution in [1.29, 1.82) is 0 Å². The Hall–Kier alpha value is -1.66. The molecule has 0 aliphatic rings. The van der Waals surface area contributed by atoms with E-state index in [-0.39, 0.29) is 6.42 Å². The number of rotatable bonds is 4. The van der Waals surface area contributed by atoms with Gasteiger partial charge in [0.05, 0.1) is 19.6 Å². The van der Waals surface area contributed by atoms with Gasteiger partial charge in [0.25, 0.3) is 0 Å². The summed E-state index contributed by atoms with van der Waals surface area (Å²) in [6.45, 7) is 1.74. The number of carbonyl (C=O) groups is 1. The number of esters is 1.